The smallest absolute Gasteiger partial charge is 0.342 e. The van der Waals surface area contributed by atoms with Crippen molar-refractivity contribution < 1.29 is 31.7 Å². The summed E-state index contributed by atoms with van der Waals surface area (Å²) in [6.07, 6.45) is 0.478. The van der Waals surface area contributed by atoms with Crippen LogP contribution in [-0.2, 0) is 26.8 Å². The van der Waals surface area contributed by atoms with Crippen LogP contribution in [0.4, 0.5) is 0 Å². The lowest BCUT2D eigenvalue weighted by molar-refractivity contribution is -0.191. The van der Waals surface area contributed by atoms with Gasteiger partial charge in [-0.05, 0) is 33.1 Å². The molecule has 0 heterocycles. The van der Waals surface area contributed by atoms with Crippen LogP contribution in [0.3, 0.4) is 0 Å². The quantitative estimate of drug-likeness (QED) is 0.458. The third-order valence-electron chi connectivity index (χ3n) is 2.36. The highest BCUT2D eigenvalue weighted by atomic mass is 31.3. The SMILES string of the molecule is CCCP(=O)([O-])OP(=O)(CCC)OP(=O)(CCC)OC(C)C. The van der Waals surface area contributed by atoms with E-state index in [1.54, 1.807) is 34.6 Å². The third-order valence-corrected chi connectivity index (χ3v) is 10.1. The van der Waals surface area contributed by atoms with Crippen LogP contribution in [0.2, 0.25) is 0 Å². The number of hydrogen-bond acceptors (Lipinski definition) is 7. The van der Waals surface area contributed by atoms with Gasteiger partial charge in [-0.25, -0.2) is 4.31 Å². The van der Waals surface area contributed by atoms with E-state index in [9.17, 15) is 18.6 Å². The van der Waals surface area contributed by atoms with Gasteiger partial charge in [-0.15, -0.1) is 0 Å². The maximum absolute atomic E-state index is 12.7. The molecule has 0 bridgehead atoms. The van der Waals surface area contributed by atoms with Crippen LogP contribution in [0.1, 0.15) is 53.9 Å². The molecule has 0 N–H and O–H groups in total. The first-order chi connectivity index (χ1) is 10.0. The molecule has 0 aromatic rings. The van der Waals surface area contributed by atoms with E-state index in [0.29, 0.717) is 19.3 Å². The molecule has 134 valence electrons. The molecule has 0 fully saturated rings. The third kappa shape index (κ3) is 8.98. The van der Waals surface area contributed by atoms with Crippen molar-refractivity contribution in [2.75, 3.05) is 18.5 Å². The summed E-state index contributed by atoms with van der Waals surface area (Å²) in [5.74, 6) is 0. The Labute approximate surface area is 133 Å². The van der Waals surface area contributed by atoms with Crippen molar-refractivity contribution in [1.82, 2.24) is 0 Å². The average Bonchev–Trinajstić information content (AvgIpc) is 2.25. The van der Waals surface area contributed by atoms with Gasteiger partial charge in [0.2, 0.25) is 0 Å². The van der Waals surface area contributed by atoms with E-state index < -0.39 is 28.9 Å². The largest absolute Gasteiger partial charge is 0.778 e. The molecule has 3 atom stereocenters. The highest BCUT2D eigenvalue weighted by Crippen LogP contribution is 2.70. The van der Waals surface area contributed by atoms with E-state index in [4.69, 9.17) is 13.1 Å². The van der Waals surface area contributed by atoms with E-state index >= 15 is 0 Å². The van der Waals surface area contributed by atoms with Gasteiger partial charge in [0.25, 0.3) is 0 Å². The molecule has 0 saturated heterocycles. The molecule has 0 spiro atoms. The minimum atomic E-state index is -4.30. The molecule has 22 heavy (non-hydrogen) atoms. The monoisotopic (exact) mass is 377 g/mol. The second-order valence-corrected chi connectivity index (χ2v) is 11.8. The first-order valence-corrected chi connectivity index (χ1v) is 12.8. The summed E-state index contributed by atoms with van der Waals surface area (Å²) in [7, 11) is -12.0. The van der Waals surface area contributed by atoms with Gasteiger partial charge in [-0.3, -0.25) is 13.4 Å². The summed E-state index contributed by atoms with van der Waals surface area (Å²) in [6.45, 7) is 8.51. The molecule has 0 aromatic heterocycles. The van der Waals surface area contributed by atoms with E-state index in [-0.39, 0.29) is 18.5 Å². The van der Waals surface area contributed by atoms with E-state index in [2.05, 4.69) is 0 Å². The van der Waals surface area contributed by atoms with E-state index in [1.165, 1.54) is 0 Å². The van der Waals surface area contributed by atoms with Crippen LogP contribution < -0.4 is 4.89 Å². The summed E-state index contributed by atoms with van der Waals surface area (Å²) >= 11 is 0. The van der Waals surface area contributed by atoms with E-state index in [1.807, 2.05) is 0 Å². The second kappa shape index (κ2) is 9.74. The van der Waals surface area contributed by atoms with Crippen LogP contribution in [0.15, 0.2) is 0 Å². The zero-order valence-corrected chi connectivity index (χ0v) is 16.7. The fourth-order valence-electron chi connectivity index (χ4n) is 1.77. The minimum Gasteiger partial charge on any atom is -0.778 e. The first-order valence-electron chi connectivity index (χ1n) is 7.60. The molecule has 0 amide bonds. The Kier molecular flexibility index (Phi) is 9.97. The van der Waals surface area contributed by atoms with Crippen molar-refractivity contribution >= 4 is 22.8 Å². The van der Waals surface area contributed by atoms with E-state index in [0.717, 1.165) is 0 Å². The van der Waals surface area contributed by atoms with Crippen molar-refractivity contribution in [3.8, 4) is 0 Å². The fourth-order valence-corrected chi connectivity index (χ4v) is 9.04. The fraction of sp³-hybridized carbons (Fsp3) is 1.00. The zero-order chi connectivity index (χ0) is 17.4. The van der Waals surface area contributed by atoms with Gasteiger partial charge in [0.05, 0.1) is 18.4 Å². The molecule has 7 nitrogen and oxygen atoms in total. The summed E-state index contributed by atoms with van der Waals surface area (Å²) in [6, 6.07) is 0. The van der Waals surface area contributed by atoms with Gasteiger partial charge in [-0.2, -0.15) is 0 Å². The highest BCUT2D eigenvalue weighted by Gasteiger charge is 2.39. The maximum Gasteiger partial charge on any atom is 0.342 e. The van der Waals surface area contributed by atoms with Crippen molar-refractivity contribution in [1.29, 1.82) is 0 Å². The Morgan fingerprint density at radius 1 is 0.818 bits per heavy atom. The Hall–Kier alpha value is 0.530. The molecule has 0 aliphatic heterocycles. The van der Waals surface area contributed by atoms with Crippen molar-refractivity contribution in [3.05, 3.63) is 0 Å². The molecule has 0 radical (unpaired) electrons. The molecule has 0 aliphatic carbocycles. The molecular weight excluding hydrogens is 349 g/mol. The van der Waals surface area contributed by atoms with Gasteiger partial charge in [0, 0.05) is 6.16 Å². The van der Waals surface area contributed by atoms with Crippen LogP contribution in [0.5, 0.6) is 0 Å². The number of rotatable bonds is 12. The lowest BCUT2D eigenvalue weighted by Crippen LogP contribution is -2.11. The standard InChI is InChI=1S/C12H29O7P3/c1-6-9-20(13,14)18-22(16,11-8-3)19-21(15,10-7-2)17-12(4)5/h12H,6-11H2,1-5H3,(H,13,14)/p-1. The molecule has 0 rings (SSSR count). The Morgan fingerprint density at radius 3 is 1.68 bits per heavy atom. The van der Waals surface area contributed by atoms with Crippen molar-refractivity contribution in [3.63, 3.8) is 0 Å². The van der Waals surface area contributed by atoms with Crippen LogP contribution in [0.25, 0.3) is 0 Å². The summed E-state index contributed by atoms with van der Waals surface area (Å²) in [5.41, 5.74) is 0. The lowest BCUT2D eigenvalue weighted by Gasteiger charge is -2.30. The highest BCUT2D eigenvalue weighted by molar-refractivity contribution is 7.72. The molecule has 0 aromatic carbocycles. The molecule has 0 aliphatic rings. The van der Waals surface area contributed by atoms with Crippen molar-refractivity contribution in [2.45, 2.75) is 60.0 Å². The molecule has 3 unspecified atom stereocenters. The van der Waals surface area contributed by atoms with Gasteiger partial charge in [0.15, 0.2) is 0 Å². The summed E-state index contributed by atoms with van der Waals surface area (Å²) in [5, 5.41) is 0. The Bertz CT molecular complexity index is 464. The second-order valence-electron chi connectivity index (χ2n) is 5.32. The van der Waals surface area contributed by atoms with Crippen LogP contribution in [-0.4, -0.2) is 24.6 Å². The predicted octanol–water partition coefficient (Wildman–Crippen LogP) is 4.61. The number of hydrogen-bond donors (Lipinski definition) is 0. The topological polar surface area (TPSA) is 102 Å². The first kappa shape index (κ1) is 22.5. The molecule has 0 saturated carbocycles. The normalized spacial score (nSPS) is 20.3. The van der Waals surface area contributed by atoms with Gasteiger partial charge < -0.3 is 14.0 Å². The van der Waals surface area contributed by atoms with Gasteiger partial charge in [-0.1, -0.05) is 20.8 Å². The Balaban J connectivity index is 5.32. The maximum atomic E-state index is 12.7. The minimum absolute atomic E-state index is 0.0547. The van der Waals surface area contributed by atoms with Gasteiger partial charge >= 0.3 is 15.2 Å². The summed E-state index contributed by atoms with van der Waals surface area (Å²) < 4.78 is 52.5. The van der Waals surface area contributed by atoms with Crippen LogP contribution >= 0.6 is 22.8 Å². The molecular formula is C12H28O7P3-. The predicted molar refractivity (Wildman–Crippen MR) is 86.7 cm³/mol. The summed E-state index contributed by atoms with van der Waals surface area (Å²) in [4.78, 5) is 11.8. The van der Waals surface area contributed by atoms with Crippen LogP contribution in [0, 0.1) is 0 Å². The Morgan fingerprint density at radius 2 is 1.27 bits per heavy atom. The zero-order valence-electron chi connectivity index (χ0n) is 14.0. The average molecular weight is 377 g/mol. The van der Waals surface area contributed by atoms with Crippen molar-refractivity contribution in [2.24, 2.45) is 0 Å². The lowest BCUT2D eigenvalue weighted by atomic mass is 10.5. The van der Waals surface area contributed by atoms with Gasteiger partial charge in [0.1, 0.15) is 7.60 Å². The molecule has 10 heteroatoms.